The average Bonchev–Trinajstić information content (AvgIpc) is 3.17. The van der Waals surface area contributed by atoms with E-state index in [0.717, 1.165) is 22.3 Å². The third kappa shape index (κ3) is 10.2. The molecule has 0 amide bonds. The molecule has 0 aliphatic carbocycles. The summed E-state index contributed by atoms with van der Waals surface area (Å²) in [6, 6.07) is 39.6. The van der Waals surface area contributed by atoms with Crippen molar-refractivity contribution in [1.29, 1.82) is 0 Å². The van der Waals surface area contributed by atoms with E-state index in [2.05, 4.69) is 6.58 Å². The molecule has 2 saturated heterocycles. The number of benzene rings is 4. The highest BCUT2D eigenvalue weighted by Crippen LogP contribution is 2.35. The van der Waals surface area contributed by atoms with Gasteiger partial charge in [-0.15, -0.1) is 6.58 Å². The molecule has 9 heteroatoms. The maximum atomic E-state index is 11.4. The van der Waals surface area contributed by atoms with Crippen LogP contribution in [0.4, 0.5) is 0 Å². The summed E-state index contributed by atoms with van der Waals surface area (Å²) in [6.07, 6.45) is -5.81. The molecule has 0 unspecified atom stereocenters. The Balaban J connectivity index is 1.31. The average molecular weight is 711 g/mol. The standard InChI is InChI=1S/C43H50O9/c1-4-25-45-38-36(46-26-32-17-9-5-10-18-32)31(3)51-43(41(38)49-29-35-23-15-8-16-24-35)52-39-37(47-27-33-19-11-6-12-20-33)30(2)50-42(44)40(39)48-28-34-21-13-7-14-22-34/h4-24,30-31,36-44H,1,25-29H2,2-3H3/t30-,31-,36-,37-,38+,39+,40+,41+,42+,43-/m1/s1. The number of hydrogen-bond donors (Lipinski definition) is 1. The second kappa shape index (κ2) is 19.4. The van der Waals surface area contributed by atoms with Gasteiger partial charge in [-0.05, 0) is 36.1 Å². The lowest BCUT2D eigenvalue weighted by atomic mass is 9.96. The molecule has 276 valence electrons. The number of aliphatic hydroxyl groups is 1. The second-order valence-electron chi connectivity index (χ2n) is 13.2. The lowest BCUT2D eigenvalue weighted by Crippen LogP contribution is -2.65. The Kier molecular flexibility index (Phi) is 14.2. The van der Waals surface area contributed by atoms with Gasteiger partial charge in [-0.3, -0.25) is 0 Å². The van der Waals surface area contributed by atoms with E-state index in [0.29, 0.717) is 13.2 Å². The van der Waals surface area contributed by atoms with E-state index < -0.39 is 61.4 Å². The predicted octanol–water partition coefficient (Wildman–Crippen LogP) is 6.77. The maximum absolute atomic E-state index is 11.4. The quantitative estimate of drug-likeness (QED) is 0.119. The zero-order chi connectivity index (χ0) is 36.1. The molecule has 0 spiro atoms. The van der Waals surface area contributed by atoms with Gasteiger partial charge in [0.05, 0.1) is 45.2 Å². The molecule has 10 atom stereocenters. The third-order valence-corrected chi connectivity index (χ3v) is 9.31. The van der Waals surface area contributed by atoms with Crippen LogP contribution in [0.3, 0.4) is 0 Å². The molecule has 4 aromatic rings. The van der Waals surface area contributed by atoms with E-state index in [1.54, 1.807) is 6.08 Å². The maximum Gasteiger partial charge on any atom is 0.187 e. The van der Waals surface area contributed by atoms with E-state index >= 15 is 0 Å². The summed E-state index contributed by atoms with van der Waals surface area (Å²) in [6.45, 7) is 9.13. The fourth-order valence-electron chi connectivity index (χ4n) is 6.63. The second-order valence-corrected chi connectivity index (χ2v) is 13.2. The molecule has 0 bridgehead atoms. The van der Waals surface area contributed by atoms with Crippen LogP contribution in [-0.4, -0.2) is 73.1 Å². The first-order chi connectivity index (χ1) is 25.5. The fraction of sp³-hybridized carbons (Fsp3) is 0.395. The Hall–Kier alpha value is -3.74. The number of hydrogen-bond acceptors (Lipinski definition) is 9. The van der Waals surface area contributed by atoms with Gasteiger partial charge in [-0.2, -0.15) is 0 Å². The molecule has 0 aromatic heterocycles. The van der Waals surface area contributed by atoms with E-state index in [4.69, 9.17) is 37.9 Å². The summed E-state index contributed by atoms with van der Waals surface area (Å²) < 4.78 is 52.3. The molecule has 6 rings (SSSR count). The lowest BCUT2D eigenvalue weighted by Gasteiger charge is -2.49. The van der Waals surface area contributed by atoms with Crippen molar-refractivity contribution in [3.8, 4) is 0 Å². The lowest BCUT2D eigenvalue weighted by molar-refractivity contribution is -0.367. The first-order valence-corrected chi connectivity index (χ1v) is 18.0. The summed E-state index contributed by atoms with van der Waals surface area (Å²) in [7, 11) is 0. The molecule has 52 heavy (non-hydrogen) atoms. The molecular weight excluding hydrogens is 660 g/mol. The Morgan fingerprint density at radius 1 is 0.500 bits per heavy atom. The molecule has 9 nitrogen and oxygen atoms in total. The molecule has 2 aliphatic rings. The number of ether oxygens (including phenoxy) is 8. The van der Waals surface area contributed by atoms with Gasteiger partial charge in [0, 0.05) is 0 Å². The summed E-state index contributed by atoms with van der Waals surface area (Å²) in [5.74, 6) is 0. The van der Waals surface area contributed by atoms with Crippen LogP contribution in [0.1, 0.15) is 36.1 Å². The normalized spacial score (nSPS) is 29.1. The van der Waals surface area contributed by atoms with Crippen molar-refractivity contribution in [1.82, 2.24) is 0 Å². The van der Waals surface area contributed by atoms with E-state index in [-0.39, 0.29) is 19.8 Å². The zero-order valence-corrected chi connectivity index (χ0v) is 29.9. The highest BCUT2D eigenvalue weighted by Gasteiger charge is 2.52. The molecule has 0 saturated carbocycles. The van der Waals surface area contributed by atoms with Gasteiger partial charge in [0.25, 0.3) is 0 Å². The van der Waals surface area contributed by atoms with Crippen molar-refractivity contribution in [2.45, 2.75) is 102 Å². The van der Waals surface area contributed by atoms with Gasteiger partial charge in [-0.1, -0.05) is 127 Å². The van der Waals surface area contributed by atoms with E-state index in [9.17, 15) is 5.11 Å². The summed E-state index contributed by atoms with van der Waals surface area (Å²) in [5.41, 5.74) is 3.94. The van der Waals surface area contributed by atoms with Gasteiger partial charge < -0.3 is 43.0 Å². The minimum absolute atomic E-state index is 0.224. The fourth-order valence-corrected chi connectivity index (χ4v) is 6.63. The highest BCUT2D eigenvalue weighted by molar-refractivity contribution is 5.16. The van der Waals surface area contributed by atoms with Crippen molar-refractivity contribution >= 4 is 0 Å². The molecule has 0 radical (unpaired) electrons. The molecule has 2 fully saturated rings. The minimum atomic E-state index is -1.29. The monoisotopic (exact) mass is 710 g/mol. The Labute approximate surface area is 307 Å². The van der Waals surface area contributed by atoms with Crippen molar-refractivity contribution in [3.63, 3.8) is 0 Å². The van der Waals surface area contributed by atoms with Crippen molar-refractivity contribution < 1.29 is 43.0 Å². The molecule has 2 heterocycles. The van der Waals surface area contributed by atoms with Crippen LogP contribution in [0.2, 0.25) is 0 Å². The predicted molar refractivity (Wildman–Crippen MR) is 196 cm³/mol. The van der Waals surface area contributed by atoms with Crippen molar-refractivity contribution in [2.24, 2.45) is 0 Å². The van der Waals surface area contributed by atoms with Gasteiger partial charge in [0.2, 0.25) is 0 Å². The number of aliphatic hydroxyl groups excluding tert-OH is 1. The van der Waals surface area contributed by atoms with Gasteiger partial charge in [0.1, 0.15) is 36.6 Å². The van der Waals surface area contributed by atoms with E-state index in [1.165, 1.54) is 0 Å². The van der Waals surface area contributed by atoms with Crippen LogP contribution in [0.5, 0.6) is 0 Å². The Bertz CT molecular complexity index is 1540. The summed E-state index contributed by atoms with van der Waals surface area (Å²) in [5, 5.41) is 11.4. The zero-order valence-electron chi connectivity index (χ0n) is 29.9. The highest BCUT2D eigenvalue weighted by atomic mass is 16.7. The molecule has 1 N–H and O–H groups in total. The molecule has 2 aliphatic heterocycles. The van der Waals surface area contributed by atoms with Gasteiger partial charge in [-0.25, -0.2) is 0 Å². The Morgan fingerprint density at radius 3 is 1.33 bits per heavy atom. The minimum Gasteiger partial charge on any atom is -0.368 e. The largest absolute Gasteiger partial charge is 0.368 e. The van der Waals surface area contributed by atoms with Gasteiger partial charge in [0.15, 0.2) is 12.6 Å². The van der Waals surface area contributed by atoms with Crippen LogP contribution in [-0.2, 0) is 64.3 Å². The molecular formula is C43H50O9. The van der Waals surface area contributed by atoms with Crippen LogP contribution in [0.15, 0.2) is 134 Å². The topological polar surface area (TPSA) is 94.1 Å². The Morgan fingerprint density at radius 2 is 0.885 bits per heavy atom. The number of rotatable bonds is 17. The first kappa shape index (κ1) is 38.0. The SMILES string of the molecule is C=CCO[C@@H]1[C@H](OCc2ccccc2)[C@@H](O[C@H]2[C@H](OCc3ccccc3)[C@@H](C)O[C@H](O)[C@H]2OCc2ccccc2)O[C@H](C)[C@H]1OCc1ccccc1. The van der Waals surface area contributed by atoms with Crippen LogP contribution >= 0.6 is 0 Å². The van der Waals surface area contributed by atoms with E-state index in [1.807, 2.05) is 135 Å². The van der Waals surface area contributed by atoms with Gasteiger partial charge >= 0.3 is 0 Å². The van der Waals surface area contributed by atoms with Crippen LogP contribution in [0, 0.1) is 0 Å². The third-order valence-electron chi connectivity index (χ3n) is 9.31. The smallest absolute Gasteiger partial charge is 0.187 e. The summed E-state index contributed by atoms with van der Waals surface area (Å²) >= 11 is 0. The first-order valence-electron chi connectivity index (χ1n) is 18.0. The van der Waals surface area contributed by atoms with Crippen LogP contribution < -0.4 is 0 Å². The molecule has 4 aromatic carbocycles. The van der Waals surface area contributed by atoms with Crippen molar-refractivity contribution in [3.05, 3.63) is 156 Å². The van der Waals surface area contributed by atoms with Crippen LogP contribution in [0.25, 0.3) is 0 Å². The summed E-state index contributed by atoms with van der Waals surface area (Å²) in [4.78, 5) is 0. The van der Waals surface area contributed by atoms with Crippen molar-refractivity contribution in [2.75, 3.05) is 6.61 Å².